The minimum absolute atomic E-state index is 0.185. The number of benzene rings is 2. The van der Waals surface area contributed by atoms with E-state index in [1.54, 1.807) is 6.92 Å². The number of nitrogens with zero attached hydrogens (tertiary/aromatic N) is 1. The van der Waals surface area contributed by atoms with Gasteiger partial charge in [0.05, 0.1) is 13.0 Å². The summed E-state index contributed by atoms with van der Waals surface area (Å²) in [4.78, 5) is 16.0. The number of esters is 1. The van der Waals surface area contributed by atoms with Crippen LogP contribution in [0.25, 0.3) is 11.5 Å². The highest BCUT2D eigenvalue weighted by Gasteiger charge is 2.13. The lowest BCUT2D eigenvalue weighted by Crippen LogP contribution is -2.19. The topological polar surface area (TPSA) is 73.6 Å². The molecule has 0 aliphatic rings. The van der Waals surface area contributed by atoms with Crippen molar-refractivity contribution in [3.05, 3.63) is 71.1 Å². The molecule has 0 spiro atoms. The summed E-state index contributed by atoms with van der Waals surface area (Å²) in [6, 6.07) is 15.9. The molecule has 0 radical (unpaired) electrons. The third-order valence-electron chi connectivity index (χ3n) is 4.68. The molecule has 6 nitrogen and oxygen atoms in total. The van der Waals surface area contributed by atoms with Gasteiger partial charge in [-0.05, 0) is 50.1 Å². The van der Waals surface area contributed by atoms with Crippen molar-refractivity contribution < 1.29 is 18.7 Å². The molecule has 0 aliphatic heterocycles. The minimum Gasteiger partial charge on any atom is -0.487 e. The third kappa shape index (κ3) is 5.94. The van der Waals surface area contributed by atoms with E-state index in [1.807, 2.05) is 62.4 Å². The van der Waals surface area contributed by atoms with Gasteiger partial charge < -0.3 is 19.2 Å². The van der Waals surface area contributed by atoms with E-state index >= 15 is 0 Å². The summed E-state index contributed by atoms with van der Waals surface area (Å²) in [6.07, 6.45) is 0.360. The van der Waals surface area contributed by atoms with Crippen LogP contribution in [0.1, 0.15) is 35.9 Å². The molecule has 1 heterocycles. The van der Waals surface area contributed by atoms with Gasteiger partial charge in [0.1, 0.15) is 23.8 Å². The highest BCUT2D eigenvalue weighted by atomic mass is 16.5. The van der Waals surface area contributed by atoms with Crippen LogP contribution in [-0.2, 0) is 22.7 Å². The maximum atomic E-state index is 11.4. The number of rotatable bonds is 10. The van der Waals surface area contributed by atoms with Crippen molar-refractivity contribution in [1.29, 1.82) is 0 Å². The fourth-order valence-corrected chi connectivity index (χ4v) is 3.04. The van der Waals surface area contributed by atoms with Crippen molar-refractivity contribution in [3.8, 4) is 17.2 Å². The van der Waals surface area contributed by atoms with Crippen molar-refractivity contribution in [2.24, 2.45) is 0 Å². The van der Waals surface area contributed by atoms with Gasteiger partial charge in [-0.2, -0.15) is 0 Å². The summed E-state index contributed by atoms with van der Waals surface area (Å²) in [7, 11) is 0. The van der Waals surface area contributed by atoms with Crippen LogP contribution in [0.15, 0.2) is 52.9 Å². The van der Waals surface area contributed by atoms with Crippen LogP contribution in [0.4, 0.5) is 0 Å². The van der Waals surface area contributed by atoms with Crippen LogP contribution >= 0.6 is 0 Å². The molecule has 3 rings (SSSR count). The van der Waals surface area contributed by atoms with Crippen LogP contribution in [0.5, 0.6) is 5.75 Å². The van der Waals surface area contributed by atoms with Crippen LogP contribution in [0, 0.1) is 13.8 Å². The fraction of sp³-hybridized carbons (Fsp3) is 0.333. The summed E-state index contributed by atoms with van der Waals surface area (Å²) < 4.78 is 16.7. The summed E-state index contributed by atoms with van der Waals surface area (Å²) in [5.41, 5.74) is 3.97. The summed E-state index contributed by atoms with van der Waals surface area (Å²) >= 11 is 0. The Morgan fingerprint density at radius 1 is 1.13 bits per heavy atom. The van der Waals surface area contributed by atoms with E-state index in [9.17, 15) is 4.79 Å². The zero-order valence-electron chi connectivity index (χ0n) is 17.7. The summed E-state index contributed by atoms with van der Waals surface area (Å²) in [5, 5.41) is 3.24. The molecule has 0 aliphatic carbocycles. The highest BCUT2D eigenvalue weighted by molar-refractivity contribution is 5.69. The van der Waals surface area contributed by atoms with Crippen molar-refractivity contribution in [3.63, 3.8) is 0 Å². The predicted molar refractivity (Wildman–Crippen MR) is 115 cm³/mol. The van der Waals surface area contributed by atoms with Crippen LogP contribution < -0.4 is 10.1 Å². The number of carbonyl (C=O) groups is 1. The first-order valence-corrected chi connectivity index (χ1v) is 10.2. The van der Waals surface area contributed by atoms with Gasteiger partial charge in [0.2, 0.25) is 5.89 Å². The number of aromatic nitrogens is 1. The molecule has 1 N–H and O–H groups in total. The molecule has 6 heteroatoms. The Balaban J connectivity index is 1.55. The largest absolute Gasteiger partial charge is 0.487 e. The van der Waals surface area contributed by atoms with E-state index in [-0.39, 0.29) is 5.97 Å². The van der Waals surface area contributed by atoms with E-state index in [0.29, 0.717) is 38.6 Å². The highest BCUT2D eigenvalue weighted by Crippen LogP contribution is 2.25. The molecule has 0 amide bonds. The Kier molecular flexibility index (Phi) is 7.63. The zero-order chi connectivity index (χ0) is 21.3. The lowest BCUT2D eigenvalue weighted by Gasteiger charge is -2.08. The lowest BCUT2D eigenvalue weighted by molar-refractivity contribution is -0.142. The first-order chi connectivity index (χ1) is 14.6. The lowest BCUT2D eigenvalue weighted by atomic mass is 10.1. The SMILES string of the molecule is CCOC(=O)CCNCc1cccc(OCc2nc(-c3ccccc3C)oc2C)c1. The van der Waals surface area contributed by atoms with E-state index in [1.165, 1.54) is 0 Å². The molecule has 0 saturated carbocycles. The molecular formula is C24H28N2O4. The third-order valence-corrected chi connectivity index (χ3v) is 4.68. The van der Waals surface area contributed by atoms with Gasteiger partial charge in [-0.3, -0.25) is 4.79 Å². The van der Waals surface area contributed by atoms with Crippen LogP contribution in [-0.4, -0.2) is 24.1 Å². The van der Waals surface area contributed by atoms with Gasteiger partial charge in [-0.15, -0.1) is 0 Å². The molecule has 3 aromatic rings. The molecule has 30 heavy (non-hydrogen) atoms. The second-order valence-corrected chi connectivity index (χ2v) is 7.00. The average Bonchev–Trinajstić information content (AvgIpc) is 3.11. The molecule has 0 atom stereocenters. The van der Waals surface area contributed by atoms with E-state index in [2.05, 4.69) is 10.3 Å². The summed E-state index contributed by atoms with van der Waals surface area (Å²) in [6.45, 7) is 7.72. The first-order valence-electron chi connectivity index (χ1n) is 10.2. The number of hydrogen-bond donors (Lipinski definition) is 1. The molecule has 2 aromatic carbocycles. The number of hydrogen-bond acceptors (Lipinski definition) is 6. The van der Waals surface area contributed by atoms with Gasteiger partial charge in [0, 0.05) is 18.7 Å². The average molecular weight is 408 g/mol. The van der Waals surface area contributed by atoms with Gasteiger partial charge in [0.15, 0.2) is 0 Å². The molecule has 0 saturated heterocycles. The van der Waals surface area contributed by atoms with E-state index < -0.39 is 0 Å². The molecule has 0 bridgehead atoms. The number of carbonyl (C=O) groups excluding carboxylic acids is 1. The van der Waals surface area contributed by atoms with Gasteiger partial charge in [0.25, 0.3) is 0 Å². The standard InChI is InChI=1S/C24H28N2O4/c1-4-28-23(27)12-13-25-15-19-9-7-10-20(14-19)29-16-22-18(3)30-24(26-22)21-11-6-5-8-17(21)2/h5-11,14,25H,4,12-13,15-16H2,1-3H3. The second kappa shape index (κ2) is 10.6. The van der Waals surface area contributed by atoms with Crippen LogP contribution in [0.3, 0.4) is 0 Å². The number of nitrogens with one attached hydrogen (secondary N) is 1. The Morgan fingerprint density at radius 2 is 1.97 bits per heavy atom. The Morgan fingerprint density at radius 3 is 2.77 bits per heavy atom. The Labute approximate surface area is 177 Å². The molecule has 0 fully saturated rings. The fourth-order valence-electron chi connectivity index (χ4n) is 3.04. The maximum Gasteiger partial charge on any atom is 0.307 e. The minimum atomic E-state index is -0.185. The zero-order valence-corrected chi connectivity index (χ0v) is 17.7. The van der Waals surface area contributed by atoms with Crippen molar-refractivity contribution >= 4 is 5.97 Å². The van der Waals surface area contributed by atoms with Gasteiger partial charge >= 0.3 is 5.97 Å². The smallest absolute Gasteiger partial charge is 0.307 e. The maximum absolute atomic E-state index is 11.4. The Hall–Kier alpha value is -3.12. The van der Waals surface area contributed by atoms with Gasteiger partial charge in [-0.1, -0.05) is 30.3 Å². The first kappa shape index (κ1) is 21.6. The summed E-state index contributed by atoms with van der Waals surface area (Å²) in [5.74, 6) is 1.95. The number of ether oxygens (including phenoxy) is 2. The monoisotopic (exact) mass is 408 g/mol. The second-order valence-electron chi connectivity index (χ2n) is 7.00. The van der Waals surface area contributed by atoms with E-state index in [4.69, 9.17) is 13.9 Å². The van der Waals surface area contributed by atoms with E-state index in [0.717, 1.165) is 33.9 Å². The quantitative estimate of drug-likeness (QED) is 0.391. The van der Waals surface area contributed by atoms with Gasteiger partial charge in [-0.25, -0.2) is 4.98 Å². The van der Waals surface area contributed by atoms with Crippen molar-refractivity contribution in [2.45, 2.75) is 40.3 Å². The molecule has 158 valence electrons. The molecular weight excluding hydrogens is 380 g/mol. The number of aryl methyl sites for hydroxylation is 2. The molecule has 1 aromatic heterocycles. The van der Waals surface area contributed by atoms with Crippen molar-refractivity contribution in [2.75, 3.05) is 13.2 Å². The van der Waals surface area contributed by atoms with Crippen molar-refractivity contribution in [1.82, 2.24) is 10.3 Å². The number of oxazole rings is 1. The normalized spacial score (nSPS) is 10.8. The Bertz CT molecular complexity index is 981. The predicted octanol–water partition coefficient (Wildman–Crippen LogP) is 4.58. The van der Waals surface area contributed by atoms with Crippen LogP contribution in [0.2, 0.25) is 0 Å². The molecule has 0 unspecified atom stereocenters.